The van der Waals surface area contributed by atoms with E-state index in [1.54, 1.807) is 50.3 Å². The minimum absolute atomic E-state index is 0.193. The molecule has 1 aliphatic rings. The van der Waals surface area contributed by atoms with E-state index in [1.165, 1.54) is 15.9 Å². The summed E-state index contributed by atoms with van der Waals surface area (Å²) >= 11 is 4.50. The lowest BCUT2D eigenvalue weighted by Gasteiger charge is -2.25. The zero-order valence-corrected chi connectivity index (χ0v) is 22.5. The molecule has 0 bridgehead atoms. The van der Waals surface area contributed by atoms with Crippen LogP contribution in [-0.2, 0) is 9.53 Å². The van der Waals surface area contributed by atoms with E-state index in [0.29, 0.717) is 61.3 Å². The molecule has 2 aromatic heterocycles. The van der Waals surface area contributed by atoms with Crippen molar-refractivity contribution in [1.29, 1.82) is 0 Å². The van der Waals surface area contributed by atoms with Crippen LogP contribution in [0.3, 0.4) is 0 Å². The van der Waals surface area contributed by atoms with Crippen LogP contribution in [0.1, 0.15) is 38.1 Å². The molecule has 0 amide bonds. The van der Waals surface area contributed by atoms with Crippen molar-refractivity contribution in [1.82, 2.24) is 4.57 Å². The molecular weight excluding hydrogens is 548 g/mol. The zero-order valence-electron chi connectivity index (χ0n) is 20.1. The van der Waals surface area contributed by atoms with Crippen LogP contribution in [-0.4, -0.2) is 30.4 Å². The van der Waals surface area contributed by atoms with E-state index < -0.39 is 12.0 Å². The highest BCUT2D eigenvalue weighted by atomic mass is 79.9. The van der Waals surface area contributed by atoms with Crippen LogP contribution >= 0.6 is 27.3 Å². The average Bonchev–Trinajstić information content (AvgIpc) is 3.39. The van der Waals surface area contributed by atoms with Crippen molar-refractivity contribution in [3.63, 3.8) is 0 Å². The number of furan rings is 1. The van der Waals surface area contributed by atoms with Crippen molar-refractivity contribution in [2.75, 3.05) is 19.8 Å². The molecular formula is C26H25BrN2O6S. The molecule has 3 heterocycles. The molecule has 36 heavy (non-hydrogen) atoms. The van der Waals surface area contributed by atoms with E-state index in [-0.39, 0.29) is 12.2 Å². The van der Waals surface area contributed by atoms with E-state index >= 15 is 0 Å². The van der Waals surface area contributed by atoms with Crippen LogP contribution in [0.25, 0.3) is 6.08 Å². The fourth-order valence-corrected chi connectivity index (χ4v) is 5.22. The van der Waals surface area contributed by atoms with Crippen LogP contribution < -0.4 is 24.4 Å². The van der Waals surface area contributed by atoms with Crippen molar-refractivity contribution in [2.24, 2.45) is 4.99 Å². The number of nitrogens with zero attached hydrogens (tertiary/aromatic N) is 2. The maximum Gasteiger partial charge on any atom is 0.338 e. The number of ether oxygens (including phenoxy) is 3. The Labute approximate surface area is 220 Å². The topological polar surface area (TPSA) is 92.3 Å². The molecule has 4 rings (SSSR count). The number of fused-ring (bicyclic) bond motifs is 1. The van der Waals surface area contributed by atoms with Gasteiger partial charge in [-0.2, -0.15) is 0 Å². The third-order valence-electron chi connectivity index (χ3n) is 5.32. The summed E-state index contributed by atoms with van der Waals surface area (Å²) in [5.41, 5.74) is 1.14. The highest BCUT2D eigenvalue weighted by molar-refractivity contribution is 9.10. The van der Waals surface area contributed by atoms with Crippen LogP contribution in [0.4, 0.5) is 0 Å². The summed E-state index contributed by atoms with van der Waals surface area (Å²) in [6.45, 7) is 9.94. The molecule has 1 aromatic carbocycles. The van der Waals surface area contributed by atoms with Crippen LogP contribution in [0.2, 0.25) is 0 Å². The largest absolute Gasteiger partial charge is 0.490 e. The monoisotopic (exact) mass is 572 g/mol. The van der Waals surface area contributed by atoms with Crippen molar-refractivity contribution >= 4 is 39.3 Å². The number of hydrogen-bond acceptors (Lipinski definition) is 8. The third kappa shape index (κ3) is 5.10. The van der Waals surface area contributed by atoms with Gasteiger partial charge in [-0.15, -0.1) is 0 Å². The van der Waals surface area contributed by atoms with Gasteiger partial charge in [-0.3, -0.25) is 9.36 Å². The molecule has 0 N–H and O–H groups in total. The Hall–Kier alpha value is -3.37. The van der Waals surface area contributed by atoms with Crippen LogP contribution in [0.5, 0.6) is 11.5 Å². The number of allylic oxidation sites excluding steroid dienone is 1. The molecule has 0 aliphatic carbocycles. The maximum atomic E-state index is 13.6. The van der Waals surface area contributed by atoms with Gasteiger partial charge in [0.25, 0.3) is 5.56 Å². The van der Waals surface area contributed by atoms with Crippen LogP contribution in [0.15, 0.2) is 73.1 Å². The summed E-state index contributed by atoms with van der Waals surface area (Å²) in [5, 5.41) is 0. The van der Waals surface area contributed by atoms with Gasteiger partial charge in [0.2, 0.25) is 0 Å². The van der Waals surface area contributed by atoms with Gasteiger partial charge in [-0.25, -0.2) is 9.79 Å². The number of benzene rings is 1. The normalized spacial score (nSPS) is 15.3. The SMILES string of the molecule is C=CCOc1ccc([C@H]2C(C(=O)OCC)=C(C)N=c3sc(=Cc4ccc(Br)o4)c(=O)n32)cc1OCC. The Morgan fingerprint density at radius 2 is 2.03 bits per heavy atom. The lowest BCUT2D eigenvalue weighted by Crippen LogP contribution is -2.40. The van der Waals surface area contributed by atoms with Crippen molar-refractivity contribution in [2.45, 2.75) is 26.8 Å². The second kappa shape index (κ2) is 11.1. The highest BCUT2D eigenvalue weighted by Gasteiger charge is 2.34. The molecule has 0 spiro atoms. The standard InChI is InChI=1S/C26H25BrN2O6S/c1-5-12-34-18-10-8-16(13-19(18)32-6-2)23-22(25(31)33-7-3)15(4)28-26-29(23)24(30)20(36-26)14-17-9-11-21(27)35-17/h5,8-11,13-14,23H,1,6-7,12H2,2-4H3/t23-/m0/s1. The quantitative estimate of drug-likeness (QED) is 0.283. The van der Waals surface area contributed by atoms with E-state index in [2.05, 4.69) is 27.5 Å². The Bertz CT molecular complexity index is 1510. The molecule has 8 nitrogen and oxygen atoms in total. The summed E-state index contributed by atoms with van der Waals surface area (Å²) in [6.07, 6.45) is 3.30. The van der Waals surface area contributed by atoms with Gasteiger partial charge < -0.3 is 18.6 Å². The van der Waals surface area contributed by atoms with Gasteiger partial charge in [0.05, 0.1) is 35.1 Å². The minimum atomic E-state index is -0.765. The number of rotatable bonds is 9. The van der Waals surface area contributed by atoms with Gasteiger partial charge in [-0.1, -0.05) is 30.1 Å². The number of aromatic nitrogens is 1. The van der Waals surface area contributed by atoms with Gasteiger partial charge in [-0.05, 0) is 66.5 Å². The minimum Gasteiger partial charge on any atom is -0.490 e. The molecule has 1 aliphatic heterocycles. The first kappa shape index (κ1) is 25.7. The van der Waals surface area contributed by atoms with E-state index in [0.717, 1.165) is 0 Å². The number of thiazole rings is 1. The first-order valence-corrected chi connectivity index (χ1v) is 12.9. The molecule has 0 saturated heterocycles. The fourth-order valence-electron chi connectivity index (χ4n) is 3.87. The molecule has 1 atom stereocenters. The van der Waals surface area contributed by atoms with Crippen molar-refractivity contribution in [3.8, 4) is 11.5 Å². The van der Waals surface area contributed by atoms with Crippen LogP contribution in [0, 0.1) is 0 Å². The predicted octanol–water partition coefficient (Wildman–Crippen LogP) is 4.12. The Morgan fingerprint density at radius 1 is 1.22 bits per heavy atom. The lowest BCUT2D eigenvalue weighted by atomic mass is 9.95. The number of carbonyl (C=O) groups is 1. The molecule has 10 heteroatoms. The second-order valence-corrected chi connectivity index (χ2v) is 9.47. The van der Waals surface area contributed by atoms with Gasteiger partial charge in [0, 0.05) is 6.08 Å². The molecule has 0 radical (unpaired) electrons. The van der Waals surface area contributed by atoms with E-state index in [4.69, 9.17) is 18.6 Å². The Balaban J connectivity index is 1.93. The highest BCUT2D eigenvalue weighted by Crippen LogP contribution is 2.36. The first-order chi connectivity index (χ1) is 17.4. The van der Waals surface area contributed by atoms with Gasteiger partial charge in [0.15, 0.2) is 21.0 Å². The lowest BCUT2D eigenvalue weighted by molar-refractivity contribution is -0.139. The van der Waals surface area contributed by atoms with Gasteiger partial charge in [0.1, 0.15) is 12.4 Å². The second-order valence-electron chi connectivity index (χ2n) is 7.68. The molecule has 3 aromatic rings. The summed E-state index contributed by atoms with van der Waals surface area (Å²) in [6, 6.07) is 8.10. The zero-order chi connectivity index (χ0) is 25.8. The predicted molar refractivity (Wildman–Crippen MR) is 140 cm³/mol. The fraction of sp³-hybridized carbons (Fsp3) is 0.269. The van der Waals surface area contributed by atoms with Crippen molar-refractivity contribution < 1.29 is 23.4 Å². The number of esters is 1. The van der Waals surface area contributed by atoms with Crippen molar-refractivity contribution in [3.05, 3.63) is 89.9 Å². The summed E-state index contributed by atoms with van der Waals surface area (Å²) < 4.78 is 25.0. The average molecular weight is 573 g/mol. The Morgan fingerprint density at radius 3 is 2.69 bits per heavy atom. The summed E-state index contributed by atoms with van der Waals surface area (Å²) in [4.78, 5) is 31.8. The number of halogens is 1. The number of carbonyl (C=O) groups excluding carboxylic acids is 1. The summed E-state index contributed by atoms with van der Waals surface area (Å²) in [7, 11) is 0. The van der Waals surface area contributed by atoms with E-state index in [1.807, 2.05) is 13.0 Å². The molecule has 0 saturated carbocycles. The summed E-state index contributed by atoms with van der Waals surface area (Å²) in [5.74, 6) is 1.03. The molecule has 0 unspecified atom stereocenters. The molecule has 188 valence electrons. The third-order valence-corrected chi connectivity index (χ3v) is 6.73. The maximum absolute atomic E-state index is 13.6. The van der Waals surface area contributed by atoms with Gasteiger partial charge >= 0.3 is 5.97 Å². The number of hydrogen-bond donors (Lipinski definition) is 0. The van der Waals surface area contributed by atoms with E-state index in [9.17, 15) is 9.59 Å². The first-order valence-electron chi connectivity index (χ1n) is 11.3. The smallest absolute Gasteiger partial charge is 0.338 e. The molecule has 0 fully saturated rings. The Kier molecular flexibility index (Phi) is 7.95.